The van der Waals surface area contributed by atoms with Gasteiger partial charge in [-0.3, -0.25) is 4.79 Å². The highest BCUT2D eigenvalue weighted by Gasteiger charge is 2.01. The van der Waals surface area contributed by atoms with E-state index >= 15 is 0 Å². The predicted molar refractivity (Wildman–Crippen MR) is 114 cm³/mol. The van der Waals surface area contributed by atoms with Gasteiger partial charge in [-0.25, -0.2) is 4.79 Å². The summed E-state index contributed by atoms with van der Waals surface area (Å²) in [5.41, 5.74) is 0. The molecule has 0 aromatic heterocycles. The summed E-state index contributed by atoms with van der Waals surface area (Å²) in [4.78, 5) is 22.8. The molecule has 0 aliphatic heterocycles. The summed E-state index contributed by atoms with van der Waals surface area (Å²) in [7, 11) is 0. The molecule has 0 heterocycles. The minimum Gasteiger partial charge on any atom is -0.456 e. The van der Waals surface area contributed by atoms with Gasteiger partial charge in [-0.2, -0.15) is 0 Å². The Labute approximate surface area is 168 Å². The summed E-state index contributed by atoms with van der Waals surface area (Å²) >= 11 is 0. The van der Waals surface area contributed by atoms with Crippen molar-refractivity contribution in [2.24, 2.45) is 0 Å². The van der Waals surface area contributed by atoms with Crippen LogP contribution in [0.2, 0.25) is 0 Å². The summed E-state index contributed by atoms with van der Waals surface area (Å²) in [5.74, 6) is 4.86. The Hall–Kier alpha value is -1.30. The summed E-state index contributed by atoms with van der Waals surface area (Å²) in [6.45, 7) is 4.36. The summed E-state index contributed by atoms with van der Waals surface area (Å²) in [6.07, 6.45) is 20.1. The van der Waals surface area contributed by atoms with Gasteiger partial charge in [0.25, 0.3) is 0 Å². The molecule has 0 aliphatic rings. The summed E-state index contributed by atoms with van der Waals surface area (Å²) in [6, 6.07) is 0. The summed E-state index contributed by atoms with van der Waals surface area (Å²) in [5, 5.41) is 0. The first-order chi connectivity index (χ1) is 13.2. The maximum Gasteiger partial charge on any atom is 0.384 e. The normalized spacial score (nSPS) is 10.3. The largest absolute Gasteiger partial charge is 0.456 e. The molecule has 0 saturated carbocycles. The van der Waals surface area contributed by atoms with Gasteiger partial charge < -0.3 is 4.74 Å². The first-order valence-electron chi connectivity index (χ1n) is 11.4. The van der Waals surface area contributed by atoms with Crippen molar-refractivity contribution in [3.05, 3.63) is 0 Å². The number of hydrogen-bond acceptors (Lipinski definition) is 3. The highest BCUT2D eigenvalue weighted by Crippen LogP contribution is 2.13. The highest BCUT2D eigenvalue weighted by atomic mass is 16.5. The van der Waals surface area contributed by atoms with Crippen molar-refractivity contribution in [1.29, 1.82) is 0 Å². The topological polar surface area (TPSA) is 43.4 Å². The Kier molecular flexibility index (Phi) is 20.0. The van der Waals surface area contributed by atoms with Gasteiger partial charge in [0.05, 0.1) is 6.61 Å². The van der Waals surface area contributed by atoms with Crippen LogP contribution in [0.5, 0.6) is 0 Å². The van der Waals surface area contributed by atoms with Gasteiger partial charge in [0.15, 0.2) is 0 Å². The first-order valence-corrected chi connectivity index (χ1v) is 11.4. The smallest absolute Gasteiger partial charge is 0.384 e. The predicted octanol–water partition coefficient (Wildman–Crippen LogP) is 6.77. The van der Waals surface area contributed by atoms with Crippen molar-refractivity contribution in [3.63, 3.8) is 0 Å². The molecule has 0 spiro atoms. The van der Waals surface area contributed by atoms with Crippen LogP contribution >= 0.6 is 0 Å². The second kappa shape index (κ2) is 21.0. The van der Waals surface area contributed by atoms with Crippen LogP contribution in [0.1, 0.15) is 123 Å². The molecular weight excluding hydrogens is 336 g/mol. The molecule has 0 bridgehead atoms. The minimum atomic E-state index is -0.503. The number of ketones is 1. The molecule has 0 N–H and O–H groups in total. The molecule has 0 aliphatic carbocycles. The van der Waals surface area contributed by atoms with Crippen LogP contribution in [0.15, 0.2) is 0 Å². The van der Waals surface area contributed by atoms with E-state index in [0.717, 1.165) is 12.8 Å². The SMILES string of the molecule is CCCCCCCCCCCCCCCCC(=O)CCC#CC(=O)OCC. The fourth-order valence-corrected chi connectivity index (χ4v) is 3.15. The fourth-order valence-electron chi connectivity index (χ4n) is 3.15. The Balaban J connectivity index is 3.27. The third kappa shape index (κ3) is 20.9. The maximum atomic E-state index is 11.7. The van der Waals surface area contributed by atoms with Gasteiger partial charge in [0.1, 0.15) is 5.78 Å². The number of carbonyl (C=O) groups is 2. The lowest BCUT2D eigenvalue weighted by molar-refractivity contribution is -0.136. The van der Waals surface area contributed by atoms with Crippen LogP contribution in [0, 0.1) is 11.8 Å². The third-order valence-electron chi connectivity index (χ3n) is 4.80. The lowest BCUT2D eigenvalue weighted by atomic mass is 10.0. The van der Waals surface area contributed by atoms with Gasteiger partial charge in [-0.1, -0.05) is 96.3 Å². The zero-order valence-electron chi connectivity index (χ0n) is 18.0. The average Bonchev–Trinajstić information content (AvgIpc) is 2.65. The molecular formula is C24H42O3. The van der Waals surface area contributed by atoms with E-state index in [1.807, 2.05) is 0 Å². The second-order valence-corrected chi connectivity index (χ2v) is 7.41. The lowest BCUT2D eigenvalue weighted by Crippen LogP contribution is -2.00. The van der Waals surface area contributed by atoms with Crippen LogP contribution in [0.4, 0.5) is 0 Å². The number of carbonyl (C=O) groups excluding carboxylic acids is 2. The standard InChI is InChI=1S/C24H42O3/c1-3-5-6-7-8-9-10-11-12-13-14-15-16-17-20-23(25)21-18-19-22-24(26)27-4-2/h3-18,20-21H2,1-2H3. The van der Waals surface area contributed by atoms with Gasteiger partial charge in [0.2, 0.25) is 0 Å². The number of rotatable bonds is 18. The number of Topliss-reactive ketones (excluding diaryl/α,β-unsaturated/α-hetero) is 1. The number of esters is 1. The third-order valence-corrected chi connectivity index (χ3v) is 4.80. The van der Waals surface area contributed by atoms with E-state index in [-0.39, 0.29) is 5.78 Å². The van der Waals surface area contributed by atoms with Crippen molar-refractivity contribution in [3.8, 4) is 11.8 Å². The van der Waals surface area contributed by atoms with Crippen molar-refractivity contribution in [2.45, 2.75) is 123 Å². The highest BCUT2D eigenvalue weighted by molar-refractivity contribution is 5.88. The van der Waals surface area contributed by atoms with E-state index in [1.54, 1.807) is 6.92 Å². The van der Waals surface area contributed by atoms with Crippen LogP contribution < -0.4 is 0 Å². The van der Waals surface area contributed by atoms with E-state index < -0.39 is 5.97 Å². The monoisotopic (exact) mass is 378 g/mol. The molecule has 0 aromatic rings. The molecule has 0 unspecified atom stereocenters. The van der Waals surface area contributed by atoms with Crippen molar-refractivity contribution in [1.82, 2.24) is 0 Å². The number of hydrogen-bond donors (Lipinski definition) is 0. The molecule has 3 nitrogen and oxygen atoms in total. The molecule has 27 heavy (non-hydrogen) atoms. The Bertz CT molecular complexity index is 417. The molecule has 0 fully saturated rings. The van der Waals surface area contributed by atoms with Gasteiger partial charge in [-0.05, 0) is 13.3 Å². The molecule has 0 rings (SSSR count). The van der Waals surface area contributed by atoms with Crippen molar-refractivity contribution >= 4 is 11.8 Å². The molecule has 156 valence electrons. The Morgan fingerprint density at radius 3 is 1.63 bits per heavy atom. The zero-order chi connectivity index (χ0) is 20.0. The number of unbranched alkanes of at least 4 members (excludes halogenated alkanes) is 13. The second-order valence-electron chi connectivity index (χ2n) is 7.41. The average molecular weight is 379 g/mol. The van der Waals surface area contributed by atoms with Crippen LogP contribution in [-0.2, 0) is 14.3 Å². The zero-order valence-corrected chi connectivity index (χ0v) is 18.0. The van der Waals surface area contributed by atoms with E-state index in [1.165, 1.54) is 77.0 Å². The molecule has 0 atom stereocenters. The van der Waals surface area contributed by atoms with Gasteiger partial charge >= 0.3 is 5.97 Å². The molecule has 0 saturated heterocycles. The van der Waals surface area contributed by atoms with Crippen molar-refractivity contribution in [2.75, 3.05) is 6.61 Å². The van der Waals surface area contributed by atoms with E-state index in [9.17, 15) is 9.59 Å². The quantitative estimate of drug-likeness (QED) is 0.114. The molecule has 0 amide bonds. The molecule has 3 heteroatoms. The Morgan fingerprint density at radius 2 is 1.15 bits per heavy atom. The first kappa shape index (κ1) is 25.7. The van der Waals surface area contributed by atoms with Crippen LogP contribution in [0.25, 0.3) is 0 Å². The molecule has 0 radical (unpaired) electrons. The maximum absolute atomic E-state index is 11.7. The number of ether oxygens (including phenoxy) is 1. The molecule has 0 aromatic carbocycles. The minimum absolute atomic E-state index is 0.257. The van der Waals surface area contributed by atoms with E-state index in [0.29, 0.717) is 25.9 Å². The lowest BCUT2D eigenvalue weighted by Gasteiger charge is -2.03. The van der Waals surface area contributed by atoms with Crippen molar-refractivity contribution < 1.29 is 14.3 Å². The van der Waals surface area contributed by atoms with Gasteiger partial charge in [0, 0.05) is 25.2 Å². The van der Waals surface area contributed by atoms with Crippen LogP contribution in [-0.4, -0.2) is 18.4 Å². The van der Waals surface area contributed by atoms with Crippen LogP contribution in [0.3, 0.4) is 0 Å². The Morgan fingerprint density at radius 1 is 0.667 bits per heavy atom. The summed E-state index contributed by atoms with van der Waals surface area (Å²) < 4.78 is 4.71. The fraction of sp³-hybridized carbons (Fsp3) is 0.833. The van der Waals surface area contributed by atoms with E-state index in [2.05, 4.69) is 18.8 Å². The van der Waals surface area contributed by atoms with Gasteiger partial charge in [-0.15, -0.1) is 0 Å². The van der Waals surface area contributed by atoms with E-state index in [4.69, 9.17) is 4.74 Å².